The van der Waals surface area contributed by atoms with E-state index in [2.05, 4.69) is 27.2 Å². The molecular weight excluding hydrogens is 844 g/mol. The molecule has 0 radical (unpaired) electrons. The molecule has 6 aromatic rings. The predicted molar refractivity (Wildman–Crippen MR) is 240 cm³/mol. The molecule has 0 amide bonds. The number of aldehydes is 1. The molecule has 0 bridgehead atoms. The number of alkyl halides is 1. The van der Waals surface area contributed by atoms with Gasteiger partial charge in [-0.05, 0) is 74.6 Å². The molecule has 0 aromatic heterocycles. The molecule has 0 saturated carbocycles. The lowest BCUT2D eigenvalue weighted by Crippen LogP contribution is -2.26. The van der Waals surface area contributed by atoms with E-state index in [9.17, 15) is 14.4 Å². The third-order valence-electron chi connectivity index (χ3n) is 8.25. The first-order chi connectivity index (χ1) is 29.3. The van der Waals surface area contributed by atoms with E-state index in [1.807, 2.05) is 140 Å². The van der Waals surface area contributed by atoms with Crippen molar-refractivity contribution >= 4 is 45.4 Å². The topological polar surface area (TPSA) is 97.4 Å². The number of terminal acetylenes is 1. The van der Waals surface area contributed by atoms with Crippen molar-refractivity contribution in [1.29, 1.82) is 0 Å². The van der Waals surface area contributed by atoms with Crippen molar-refractivity contribution in [1.82, 2.24) is 0 Å². The van der Waals surface area contributed by atoms with Crippen molar-refractivity contribution in [2.45, 2.75) is 44.8 Å². The largest absolute Gasteiger partial charge is 0.489 e. The van der Waals surface area contributed by atoms with Crippen molar-refractivity contribution in [3.8, 4) is 28.5 Å². The van der Waals surface area contributed by atoms with E-state index >= 15 is 0 Å². The zero-order valence-electron chi connectivity index (χ0n) is 33.6. The molecule has 6 rings (SSSR count). The van der Waals surface area contributed by atoms with Crippen molar-refractivity contribution in [3.63, 3.8) is 0 Å². The van der Waals surface area contributed by atoms with E-state index in [0.717, 1.165) is 45.1 Å². The maximum Gasteiger partial charge on any atom is 0.217 e. The number of carbonyl (C=O) groups is 3. The standard InChI is InChI=1S/C18H20O4.C16H14O3.C14H13ClO.C2HBr/c1-20-18(21-2)17(19)12-14-8-10-16(11-9-14)22-13-15-6-4-3-5-7-15;17-11-15(18)10-13-6-8-16(9-7-13)19-12-14-4-2-1-3-5-14;15-10-12-6-8-14(9-7-12)16-11-13-4-2-1-3-5-13;1-2-3/h3-11,18H,12-13H2,1-2H3;1-9,11H,10,12H2;1-9H,10-11H2;1H. The van der Waals surface area contributed by atoms with E-state index < -0.39 is 12.1 Å². The highest BCUT2D eigenvalue weighted by Gasteiger charge is 2.16. The summed E-state index contributed by atoms with van der Waals surface area (Å²) in [5.74, 6) is 2.40. The van der Waals surface area contributed by atoms with Gasteiger partial charge in [0.15, 0.2) is 17.9 Å². The fourth-order valence-corrected chi connectivity index (χ4v) is 5.37. The minimum atomic E-state index is -0.811. The second-order valence-corrected chi connectivity index (χ2v) is 13.4. The van der Waals surface area contributed by atoms with Gasteiger partial charge in [-0.1, -0.05) is 127 Å². The number of benzene rings is 6. The van der Waals surface area contributed by atoms with Crippen molar-refractivity contribution in [2.75, 3.05) is 14.2 Å². The van der Waals surface area contributed by atoms with E-state index in [1.54, 1.807) is 24.3 Å². The van der Waals surface area contributed by atoms with E-state index in [-0.39, 0.29) is 18.6 Å². The number of carbonyl (C=O) groups excluding carboxylic acids is 3. The number of ketones is 2. The predicted octanol–water partition coefficient (Wildman–Crippen LogP) is 10.5. The Labute approximate surface area is 366 Å². The number of methoxy groups -OCH3 is 2. The lowest BCUT2D eigenvalue weighted by molar-refractivity contribution is -0.155. The van der Waals surface area contributed by atoms with Crippen LogP contribution in [0.1, 0.15) is 33.4 Å². The Bertz CT molecular complexity index is 2120. The molecule has 6 aromatic carbocycles. The van der Waals surface area contributed by atoms with Crippen LogP contribution in [0.4, 0.5) is 0 Å². The molecule has 0 unspecified atom stereocenters. The quantitative estimate of drug-likeness (QED) is 0.0277. The molecule has 310 valence electrons. The molecule has 0 spiro atoms. The molecule has 0 saturated heterocycles. The number of rotatable bonds is 18. The summed E-state index contributed by atoms with van der Waals surface area (Å²) in [6.45, 7) is 1.63. The minimum Gasteiger partial charge on any atom is -0.489 e. The third kappa shape index (κ3) is 19.6. The summed E-state index contributed by atoms with van der Waals surface area (Å²) in [5.41, 5.74) is 6.20. The van der Waals surface area contributed by atoms with Crippen LogP contribution in [0.15, 0.2) is 164 Å². The lowest BCUT2D eigenvalue weighted by Gasteiger charge is -2.12. The highest BCUT2D eigenvalue weighted by Crippen LogP contribution is 2.17. The molecule has 0 aliphatic rings. The Hall–Kier alpha value is -6.02. The number of Topliss-reactive ketones (excluding diaryl/α,β-unsaturated/α-hetero) is 2. The number of halogens is 2. The summed E-state index contributed by atoms with van der Waals surface area (Å²) < 4.78 is 26.9. The molecule has 0 N–H and O–H groups in total. The van der Waals surface area contributed by atoms with E-state index in [4.69, 9.17) is 35.3 Å². The van der Waals surface area contributed by atoms with Crippen LogP contribution in [0.25, 0.3) is 0 Å². The van der Waals surface area contributed by atoms with Crippen LogP contribution < -0.4 is 14.2 Å². The molecule has 8 nitrogen and oxygen atoms in total. The Balaban J connectivity index is 0.000000235. The van der Waals surface area contributed by atoms with E-state index in [0.29, 0.717) is 32.0 Å². The summed E-state index contributed by atoms with van der Waals surface area (Å²) in [7, 11) is 2.90. The Morgan fingerprint density at radius 2 is 0.867 bits per heavy atom. The van der Waals surface area contributed by atoms with Crippen molar-refractivity contribution in [3.05, 3.63) is 197 Å². The van der Waals surface area contributed by atoms with Crippen molar-refractivity contribution in [2.24, 2.45) is 0 Å². The van der Waals surface area contributed by atoms with Gasteiger partial charge in [0, 0.05) is 48.9 Å². The van der Waals surface area contributed by atoms with Gasteiger partial charge in [0.2, 0.25) is 6.29 Å². The number of ether oxygens (including phenoxy) is 5. The van der Waals surface area contributed by atoms with Gasteiger partial charge in [-0.2, -0.15) is 0 Å². The smallest absolute Gasteiger partial charge is 0.217 e. The van der Waals surface area contributed by atoms with Crippen LogP contribution in [-0.4, -0.2) is 38.4 Å². The second-order valence-electron chi connectivity index (χ2n) is 12.7. The molecule has 60 heavy (non-hydrogen) atoms. The zero-order valence-corrected chi connectivity index (χ0v) is 35.9. The molecule has 10 heteroatoms. The van der Waals surface area contributed by atoms with Gasteiger partial charge in [0.25, 0.3) is 0 Å². The minimum absolute atomic E-state index is 0.108. The monoisotopic (exact) mass is 890 g/mol. The molecule has 0 atom stereocenters. The summed E-state index contributed by atoms with van der Waals surface area (Å²) >= 11 is 8.39. The average Bonchev–Trinajstić information content (AvgIpc) is 3.30. The fraction of sp³-hybridized carbons (Fsp3) is 0.180. The summed E-state index contributed by atoms with van der Waals surface area (Å²) in [5, 5.41) is 0. The third-order valence-corrected chi connectivity index (χ3v) is 8.56. The SMILES string of the molecule is C#CBr.COC(OC)C(=O)Cc1ccc(OCc2ccccc2)cc1.ClCc1ccc(OCc2ccccc2)cc1.O=CC(=O)Cc1ccc(OCc2ccccc2)cc1. The van der Waals surface area contributed by atoms with Gasteiger partial charge in [-0.25, -0.2) is 0 Å². The van der Waals surface area contributed by atoms with Crippen LogP contribution in [0.5, 0.6) is 17.2 Å². The molecule has 0 aliphatic heterocycles. The number of hydrogen-bond donors (Lipinski definition) is 0. The van der Waals surface area contributed by atoms with Crippen LogP contribution in [-0.2, 0) is 62.4 Å². The van der Waals surface area contributed by atoms with Gasteiger partial charge >= 0.3 is 0 Å². The van der Waals surface area contributed by atoms with Crippen LogP contribution in [0.2, 0.25) is 0 Å². The molecule has 0 heterocycles. The zero-order chi connectivity index (χ0) is 43.2. The maximum atomic E-state index is 11.9. The first-order valence-corrected chi connectivity index (χ1v) is 20.1. The van der Waals surface area contributed by atoms with Crippen molar-refractivity contribution < 1.29 is 38.1 Å². The molecule has 0 fully saturated rings. The maximum absolute atomic E-state index is 11.9. The van der Waals surface area contributed by atoms with E-state index in [1.165, 1.54) is 19.8 Å². The fourth-order valence-electron chi connectivity index (χ4n) is 5.19. The average molecular weight is 892 g/mol. The van der Waals surface area contributed by atoms with Gasteiger partial charge < -0.3 is 23.7 Å². The van der Waals surface area contributed by atoms with Gasteiger partial charge in [-0.3, -0.25) is 14.4 Å². The highest BCUT2D eigenvalue weighted by atomic mass is 79.9. The molecular formula is C50H48BrClO8. The summed E-state index contributed by atoms with van der Waals surface area (Å²) in [6, 6.07) is 52.5. The lowest BCUT2D eigenvalue weighted by atomic mass is 10.1. The first kappa shape index (κ1) is 48.3. The van der Waals surface area contributed by atoms with Gasteiger partial charge in [0.1, 0.15) is 37.1 Å². The van der Waals surface area contributed by atoms with Gasteiger partial charge in [-0.15, -0.1) is 18.0 Å². The van der Waals surface area contributed by atoms with Crippen LogP contribution in [0.3, 0.4) is 0 Å². The number of hydrogen-bond acceptors (Lipinski definition) is 8. The Morgan fingerprint density at radius 3 is 1.17 bits per heavy atom. The van der Waals surface area contributed by atoms with Crippen LogP contribution >= 0.6 is 27.5 Å². The molecule has 0 aliphatic carbocycles. The second kappa shape index (κ2) is 29.2. The van der Waals surface area contributed by atoms with Crippen LogP contribution in [0, 0.1) is 11.3 Å². The summed E-state index contributed by atoms with van der Waals surface area (Å²) in [6.07, 6.45) is 4.46. The Morgan fingerprint density at radius 1 is 0.550 bits per heavy atom. The highest BCUT2D eigenvalue weighted by molar-refractivity contribution is 9.12. The first-order valence-electron chi connectivity index (χ1n) is 18.8. The summed E-state index contributed by atoms with van der Waals surface area (Å²) in [4.78, 5) is 35.2. The Kier molecular flexibility index (Phi) is 23.6. The van der Waals surface area contributed by atoms with Gasteiger partial charge in [0.05, 0.1) is 0 Å². The normalized spacial score (nSPS) is 9.87.